The molecule has 5 aliphatic rings. The average Bonchev–Trinajstić information content (AvgIpc) is 3.76. The lowest BCUT2D eigenvalue weighted by molar-refractivity contribution is 0.0716. The molecule has 38 heavy (non-hydrogen) atoms. The monoisotopic (exact) mass is 544 g/mol. The van der Waals surface area contributed by atoms with E-state index in [0.29, 0.717) is 5.39 Å². The van der Waals surface area contributed by atoms with Gasteiger partial charge in [0, 0.05) is 5.39 Å². The molecule has 0 aromatic heterocycles. The maximum atomic E-state index is 11.0. The first kappa shape index (κ1) is 32.8. The van der Waals surface area contributed by atoms with Gasteiger partial charge in [-0.1, -0.05) is 105 Å². The van der Waals surface area contributed by atoms with E-state index in [0.717, 1.165) is 5.39 Å². The van der Waals surface area contributed by atoms with E-state index in [9.17, 15) is 8.42 Å². The molecular formula is C34H56O3S. The van der Waals surface area contributed by atoms with E-state index in [1.165, 1.54) is 59.8 Å². The van der Waals surface area contributed by atoms with E-state index in [4.69, 9.17) is 4.55 Å². The third-order valence-corrected chi connectivity index (χ3v) is 10.2. The summed E-state index contributed by atoms with van der Waals surface area (Å²) in [6, 6.07) is 11.8. The number of fused-ring (bicyclic) bond motifs is 13. The quantitative estimate of drug-likeness (QED) is 0.287. The molecule has 4 heteroatoms. The molecule has 216 valence electrons. The Balaban J connectivity index is 0.000000207. The molecule has 5 saturated carbocycles. The first-order chi connectivity index (χ1) is 18.4. The highest BCUT2D eigenvalue weighted by Crippen LogP contribution is 2.72. The van der Waals surface area contributed by atoms with Gasteiger partial charge in [-0.3, -0.25) is 4.55 Å². The van der Waals surface area contributed by atoms with Crippen molar-refractivity contribution in [3.63, 3.8) is 0 Å². The number of hydrogen-bond acceptors (Lipinski definition) is 2. The molecule has 5 fully saturated rings. The fourth-order valence-electron chi connectivity index (χ4n) is 8.70. The Morgan fingerprint density at radius 3 is 1.66 bits per heavy atom. The number of benzene rings is 2. The van der Waals surface area contributed by atoms with Gasteiger partial charge in [-0.05, 0) is 97.3 Å². The molecule has 7 rings (SSSR count). The molecule has 0 saturated heterocycles. The smallest absolute Gasteiger partial charge is 0.282 e. The standard InChI is InChI=1S/C15H22.C10H8O3S.C3H8.3C2H6/c1-2-10-11(3-1)13-7-12(10)14-8-4-5-9(6-8)15(13)14;11-14(12,13)10-7-3-5-8-4-1-2-6-9(8)10;1-3-2;3*1-2/h8-15H,1-7H2;1-7H,(H,11,12,13);3H2,1-2H3;3*1-2H3. The highest BCUT2D eigenvalue weighted by molar-refractivity contribution is 7.86. The summed E-state index contributed by atoms with van der Waals surface area (Å²) in [5.41, 5.74) is 0. The van der Waals surface area contributed by atoms with Gasteiger partial charge < -0.3 is 0 Å². The summed E-state index contributed by atoms with van der Waals surface area (Å²) in [6.07, 6.45) is 12.6. The zero-order valence-corrected chi connectivity index (χ0v) is 26.3. The predicted octanol–water partition coefficient (Wildman–Crippen LogP) is 10.3. The Morgan fingerprint density at radius 1 is 0.684 bits per heavy atom. The van der Waals surface area contributed by atoms with Crippen LogP contribution in [-0.2, 0) is 10.1 Å². The molecule has 8 atom stereocenters. The van der Waals surface area contributed by atoms with Gasteiger partial charge >= 0.3 is 0 Å². The lowest BCUT2D eigenvalue weighted by Crippen LogP contribution is -2.35. The third kappa shape index (κ3) is 6.66. The van der Waals surface area contributed by atoms with Crippen LogP contribution in [0, 0.1) is 47.3 Å². The van der Waals surface area contributed by atoms with E-state index in [1.54, 1.807) is 75.3 Å². The van der Waals surface area contributed by atoms with Crippen LogP contribution < -0.4 is 0 Å². The van der Waals surface area contributed by atoms with Crippen LogP contribution in [-0.4, -0.2) is 13.0 Å². The SMILES string of the molecule is C1CC2C(C1)C1CC2C2C3CCC(C3)C12.CC.CC.CC.CCC.O=S(=O)(O)c1cccc2ccccc12. The van der Waals surface area contributed by atoms with Crippen molar-refractivity contribution in [2.75, 3.05) is 0 Å². The molecule has 0 aliphatic heterocycles. The van der Waals surface area contributed by atoms with Crippen LogP contribution in [0.1, 0.15) is 107 Å². The van der Waals surface area contributed by atoms with Gasteiger partial charge in [0.05, 0.1) is 0 Å². The Kier molecular flexibility index (Phi) is 13.3. The Labute approximate surface area is 235 Å². The fourth-order valence-corrected chi connectivity index (χ4v) is 9.42. The van der Waals surface area contributed by atoms with E-state index < -0.39 is 10.1 Å². The molecule has 8 unspecified atom stereocenters. The first-order valence-corrected chi connectivity index (χ1v) is 17.3. The minimum atomic E-state index is -4.13. The molecule has 5 aliphatic carbocycles. The molecule has 2 aromatic rings. The second kappa shape index (κ2) is 15.4. The predicted molar refractivity (Wildman–Crippen MR) is 164 cm³/mol. The largest absolute Gasteiger partial charge is 0.295 e. The summed E-state index contributed by atoms with van der Waals surface area (Å²) >= 11 is 0. The highest BCUT2D eigenvalue weighted by Gasteiger charge is 2.65. The third-order valence-electron chi connectivity index (χ3n) is 9.33. The van der Waals surface area contributed by atoms with E-state index in [1.807, 2.05) is 47.6 Å². The summed E-state index contributed by atoms with van der Waals surface area (Å²) in [6.45, 7) is 16.2. The maximum absolute atomic E-state index is 11.0. The molecule has 1 N–H and O–H groups in total. The highest BCUT2D eigenvalue weighted by atomic mass is 32.2. The summed E-state index contributed by atoms with van der Waals surface area (Å²) in [7, 11) is -4.13. The number of hydrogen-bond donors (Lipinski definition) is 1. The van der Waals surface area contributed by atoms with Crippen molar-refractivity contribution in [2.24, 2.45) is 47.3 Å². The zero-order chi connectivity index (χ0) is 28.5. The van der Waals surface area contributed by atoms with Gasteiger partial charge in [-0.25, -0.2) is 0 Å². The van der Waals surface area contributed by atoms with Crippen molar-refractivity contribution in [3.8, 4) is 0 Å². The normalized spacial score (nSPS) is 32.4. The van der Waals surface area contributed by atoms with Crippen molar-refractivity contribution < 1.29 is 13.0 Å². The van der Waals surface area contributed by atoms with Crippen LogP contribution in [0.25, 0.3) is 10.8 Å². The van der Waals surface area contributed by atoms with Crippen molar-refractivity contribution >= 4 is 20.9 Å². The fraction of sp³-hybridized carbons (Fsp3) is 0.706. The van der Waals surface area contributed by atoms with Crippen molar-refractivity contribution in [3.05, 3.63) is 42.5 Å². The molecule has 4 bridgehead atoms. The topological polar surface area (TPSA) is 54.4 Å². The lowest BCUT2D eigenvalue weighted by Gasteiger charge is -2.40. The second-order valence-corrected chi connectivity index (χ2v) is 12.4. The van der Waals surface area contributed by atoms with Crippen molar-refractivity contribution in [2.45, 2.75) is 112 Å². The van der Waals surface area contributed by atoms with Gasteiger partial charge in [0.1, 0.15) is 4.90 Å². The van der Waals surface area contributed by atoms with E-state index >= 15 is 0 Å². The molecular weight excluding hydrogens is 488 g/mol. The molecule has 3 nitrogen and oxygen atoms in total. The van der Waals surface area contributed by atoms with Crippen LogP contribution in [0.3, 0.4) is 0 Å². The van der Waals surface area contributed by atoms with E-state index in [2.05, 4.69) is 13.8 Å². The molecule has 2 aromatic carbocycles. The van der Waals surface area contributed by atoms with Gasteiger partial charge in [-0.2, -0.15) is 8.42 Å². The minimum absolute atomic E-state index is 0.0457. The molecule has 0 heterocycles. The maximum Gasteiger partial charge on any atom is 0.295 e. The van der Waals surface area contributed by atoms with Crippen LogP contribution in [0.4, 0.5) is 0 Å². The number of rotatable bonds is 1. The van der Waals surface area contributed by atoms with Gasteiger partial charge in [-0.15, -0.1) is 0 Å². The van der Waals surface area contributed by atoms with Crippen LogP contribution in [0.5, 0.6) is 0 Å². The van der Waals surface area contributed by atoms with Gasteiger partial charge in [0.15, 0.2) is 0 Å². The zero-order valence-electron chi connectivity index (χ0n) is 25.5. The average molecular weight is 545 g/mol. The van der Waals surface area contributed by atoms with Gasteiger partial charge in [0.2, 0.25) is 0 Å². The molecule has 0 amide bonds. The minimum Gasteiger partial charge on any atom is -0.282 e. The molecule has 0 spiro atoms. The summed E-state index contributed by atoms with van der Waals surface area (Å²) in [4.78, 5) is -0.0457. The van der Waals surface area contributed by atoms with Crippen molar-refractivity contribution in [1.82, 2.24) is 0 Å². The Hall–Kier alpha value is -1.39. The van der Waals surface area contributed by atoms with Crippen molar-refractivity contribution in [1.29, 1.82) is 0 Å². The Morgan fingerprint density at radius 2 is 1.16 bits per heavy atom. The van der Waals surface area contributed by atoms with Crippen LogP contribution >= 0.6 is 0 Å². The van der Waals surface area contributed by atoms with E-state index in [-0.39, 0.29) is 4.90 Å². The Bertz CT molecular complexity index is 1030. The summed E-state index contributed by atoms with van der Waals surface area (Å²) < 4.78 is 31.0. The van der Waals surface area contributed by atoms with Gasteiger partial charge in [0.25, 0.3) is 10.1 Å². The molecule has 0 radical (unpaired) electrons. The summed E-state index contributed by atoms with van der Waals surface area (Å²) in [5, 5.41) is 1.33. The van der Waals surface area contributed by atoms with Crippen LogP contribution in [0.15, 0.2) is 47.4 Å². The first-order valence-electron chi connectivity index (χ1n) is 15.9. The summed E-state index contributed by atoms with van der Waals surface area (Å²) in [5.74, 6) is 9.78. The second-order valence-electron chi connectivity index (χ2n) is 11.0. The van der Waals surface area contributed by atoms with Crippen LogP contribution in [0.2, 0.25) is 0 Å². The lowest BCUT2D eigenvalue weighted by atomic mass is 9.64.